The monoisotopic (exact) mass is 458 g/mol. The summed E-state index contributed by atoms with van der Waals surface area (Å²) in [5.41, 5.74) is 0.241. The molecule has 0 N–H and O–H groups in total. The molecule has 1 aromatic carbocycles. The van der Waals surface area contributed by atoms with Crippen LogP contribution in [0.1, 0.15) is 11.3 Å². The first kappa shape index (κ1) is 19.0. The van der Waals surface area contributed by atoms with E-state index in [4.69, 9.17) is 16.0 Å². The van der Waals surface area contributed by atoms with Crippen molar-refractivity contribution >= 4 is 37.6 Å². The molecule has 2 aromatic heterocycles. The first-order chi connectivity index (χ1) is 12.4. The Balaban J connectivity index is 1.98. The molecule has 0 unspecified atom stereocenters. The highest BCUT2D eigenvalue weighted by Crippen LogP contribution is 2.24. The Kier molecular flexibility index (Phi) is 5.76. The van der Waals surface area contributed by atoms with Crippen molar-refractivity contribution in [2.45, 2.75) is 18.0 Å². The van der Waals surface area contributed by atoms with Gasteiger partial charge < -0.3 is 4.42 Å². The fourth-order valence-electron chi connectivity index (χ4n) is 2.31. The lowest BCUT2D eigenvalue weighted by Gasteiger charge is -2.21. The minimum absolute atomic E-state index is 0.0361. The van der Waals surface area contributed by atoms with Crippen molar-refractivity contribution < 1.29 is 17.2 Å². The maximum Gasteiger partial charge on any atom is 0.245 e. The van der Waals surface area contributed by atoms with Crippen LogP contribution < -0.4 is 0 Å². The van der Waals surface area contributed by atoms with Crippen LogP contribution in [0.5, 0.6) is 0 Å². The van der Waals surface area contributed by atoms with Gasteiger partial charge in [0.2, 0.25) is 10.0 Å². The summed E-state index contributed by atoms with van der Waals surface area (Å²) in [6, 6.07) is 10.5. The van der Waals surface area contributed by atoms with Gasteiger partial charge in [-0.2, -0.15) is 4.31 Å². The highest BCUT2D eigenvalue weighted by molar-refractivity contribution is 9.10. The number of hydrogen-bond donors (Lipinski definition) is 0. The fraction of sp³-hybridized carbons (Fsp3) is 0.118. The standard InChI is InChI=1S/C17H13BrClFN2O3S/c18-13-4-3-12(16(20)8-13)10-22(11-14-2-1-7-25-14)26(23,24)15-5-6-17(19)21-9-15/h1-9H,10-11H2. The van der Waals surface area contributed by atoms with Gasteiger partial charge in [0.05, 0.1) is 12.8 Å². The average Bonchev–Trinajstić information content (AvgIpc) is 3.10. The third-order valence-electron chi connectivity index (χ3n) is 3.61. The summed E-state index contributed by atoms with van der Waals surface area (Å²) in [5.74, 6) is -0.0683. The zero-order valence-electron chi connectivity index (χ0n) is 13.3. The normalized spacial score (nSPS) is 11.8. The largest absolute Gasteiger partial charge is 0.468 e. The van der Waals surface area contributed by atoms with Crippen LogP contribution in [-0.2, 0) is 23.1 Å². The number of rotatable bonds is 6. The second-order valence-electron chi connectivity index (χ2n) is 5.40. The van der Waals surface area contributed by atoms with E-state index in [2.05, 4.69) is 20.9 Å². The van der Waals surface area contributed by atoms with Gasteiger partial charge in [-0.05, 0) is 36.4 Å². The van der Waals surface area contributed by atoms with E-state index in [1.54, 1.807) is 18.2 Å². The smallest absolute Gasteiger partial charge is 0.245 e. The minimum Gasteiger partial charge on any atom is -0.468 e. The number of nitrogens with zero attached hydrogens (tertiary/aromatic N) is 2. The molecule has 0 saturated heterocycles. The van der Waals surface area contributed by atoms with Crippen molar-refractivity contribution in [2.75, 3.05) is 0 Å². The molecular weight excluding hydrogens is 447 g/mol. The van der Waals surface area contributed by atoms with Crippen LogP contribution in [0.25, 0.3) is 0 Å². The molecule has 0 atom stereocenters. The summed E-state index contributed by atoms with van der Waals surface area (Å²) in [7, 11) is -3.95. The summed E-state index contributed by atoms with van der Waals surface area (Å²) in [4.78, 5) is 3.78. The van der Waals surface area contributed by atoms with E-state index in [0.29, 0.717) is 10.2 Å². The topological polar surface area (TPSA) is 63.4 Å². The van der Waals surface area contributed by atoms with Gasteiger partial charge in [0.15, 0.2) is 0 Å². The highest BCUT2D eigenvalue weighted by atomic mass is 79.9. The van der Waals surface area contributed by atoms with Crippen LogP contribution in [0.4, 0.5) is 4.39 Å². The number of aromatic nitrogens is 1. The van der Waals surface area contributed by atoms with E-state index in [1.807, 2.05) is 0 Å². The van der Waals surface area contributed by atoms with Crippen molar-refractivity contribution in [3.05, 3.63) is 81.7 Å². The molecule has 0 aliphatic heterocycles. The molecule has 0 spiro atoms. The molecule has 0 saturated carbocycles. The van der Waals surface area contributed by atoms with Gasteiger partial charge in [-0.3, -0.25) is 0 Å². The summed E-state index contributed by atoms with van der Waals surface area (Å²) >= 11 is 8.92. The third kappa shape index (κ3) is 4.32. The van der Waals surface area contributed by atoms with Crippen molar-refractivity contribution in [1.82, 2.24) is 9.29 Å². The Morgan fingerprint density at radius 1 is 1.19 bits per heavy atom. The molecule has 3 rings (SSSR count). The molecule has 5 nitrogen and oxygen atoms in total. The quantitative estimate of drug-likeness (QED) is 0.505. The van der Waals surface area contributed by atoms with E-state index in [-0.39, 0.29) is 28.7 Å². The summed E-state index contributed by atoms with van der Waals surface area (Å²) < 4.78 is 47.2. The predicted octanol–water partition coefficient (Wildman–Crippen LogP) is 4.62. The molecule has 0 radical (unpaired) electrons. The molecule has 0 amide bonds. The van der Waals surface area contributed by atoms with Gasteiger partial charge in [-0.1, -0.05) is 33.6 Å². The lowest BCUT2D eigenvalue weighted by molar-refractivity contribution is 0.354. The maximum absolute atomic E-state index is 14.2. The van der Waals surface area contributed by atoms with Crippen LogP contribution >= 0.6 is 27.5 Å². The molecule has 0 aliphatic carbocycles. The predicted molar refractivity (Wildman–Crippen MR) is 98.5 cm³/mol. The van der Waals surface area contributed by atoms with Gasteiger partial charge in [-0.15, -0.1) is 0 Å². The van der Waals surface area contributed by atoms with Crippen molar-refractivity contribution in [3.63, 3.8) is 0 Å². The van der Waals surface area contributed by atoms with Gasteiger partial charge in [-0.25, -0.2) is 17.8 Å². The molecule has 26 heavy (non-hydrogen) atoms. The number of benzene rings is 1. The van der Waals surface area contributed by atoms with Crippen LogP contribution in [0, 0.1) is 5.82 Å². The van der Waals surface area contributed by atoms with Crippen molar-refractivity contribution in [3.8, 4) is 0 Å². The number of pyridine rings is 1. The Morgan fingerprint density at radius 3 is 2.62 bits per heavy atom. The first-order valence-electron chi connectivity index (χ1n) is 7.44. The van der Waals surface area contributed by atoms with E-state index < -0.39 is 15.8 Å². The van der Waals surface area contributed by atoms with Gasteiger partial charge in [0.1, 0.15) is 21.6 Å². The van der Waals surface area contributed by atoms with Gasteiger partial charge in [0.25, 0.3) is 0 Å². The van der Waals surface area contributed by atoms with E-state index in [1.165, 1.54) is 36.7 Å². The molecule has 2 heterocycles. The zero-order valence-corrected chi connectivity index (χ0v) is 16.4. The number of hydrogen-bond acceptors (Lipinski definition) is 4. The molecule has 136 valence electrons. The lowest BCUT2D eigenvalue weighted by atomic mass is 10.2. The Bertz CT molecular complexity index is 995. The number of furan rings is 1. The van der Waals surface area contributed by atoms with Gasteiger partial charge >= 0.3 is 0 Å². The summed E-state index contributed by atoms with van der Waals surface area (Å²) in [5, 5.41) is 0.181. The SMILES string of the molecule is O=S(=O)(c1ccc(Cl)nc1)N(Cc1ccco1)Cc1ccc(Br)cc1F. The third-order valence-corrected chi connectivity index (χ3v) is 6.10. The van der Waals surface area contributed by atoms with E-state index >= 15 is 0 Å². The average molecular weight is 460 g/mol. The lowest BCUT2D eigenvalue weighted by Crippen LogP contribution is -2.30. The molecule has 3 aromatic rings. The Morgan fingerprint density at radius 2 is 2.00 bits per heavy atom. The number of sulfonamides is 1. The second-order valence-corrected chi connectivity index (χ2v) is 8.65. The van der Waals surface area contributed by atoms with E-state index in [0.717, 1.165) is 4.31 Å². The van der Waals surface area contributed by atoms with Crippen molar-refractivity contribution in [2.24, 2.45) is 0 Å². The summed E-state index contributed by atoms with van der Waals surface area (Å²) in [6.45, 7) is -0.210. The van der Waals surface area contributed by atoms with Crippen molar-refractivity contribution in [1.29, 1.82) is 0 Å². The highest BCUT2D eigenvalue weighted by Gasteiger charge is 2.27. The molecule has 0 bridgehead atoms. The van der Waals surface area contributed by atoms with Crippen LogP contribution in [0.2, 0.25) is 5.15 Å². The van der Waals surface area contributed by atoms with Crippen LogP contribution in [-0.4, -0.2) is 17.7 Å². The zero-order chi connectivity index (χ0) is 18.7. The first-order valence-corrected chi connectivity index (χ1v) is 10.1. The fourth-order valence-corrected chi connectivity index (χ4v) is 4.08. The minimum atomic E-state index is -3.95. The Labute approximate surface area is 163 Å². The molecule has 0 fully saturated rings. The maximum atomic E-state index is 14.2. The molecule has 0 aliphatic rings. The van der Waals surface area contributed by atoms with Crippen LogP contribution in [0.3, 0.4) is 0 Å². The Hall–Kier alpha value is -1.74. The second kappa shape index (κ2) is 7.87. The van der Waals surface area contributed by atoms with E-state index in [9.17, 15) is 12.8 Å². The number of halogens is 3. The summed E-state index contributed by atoms with van der Waals surface area (Å²) in [6.07, 6.45) is 2.62. The van der Waals surface area contributed by atoms with Crippen LogP contribution in [0.15, 0.2) is 68.7 Å². The molecule has 9 heteroatoms. The molecular formula is C17H13BrClFN2O3S. The van der Waals surface area contributed by atoms with Gasteiger partial charge in [0, 0.05) is 22.8 Å².